The molecule has 274 valence electrons. The molecule has 5 rings (SSSR count). The van der Waals surface area contributed by atoms with Crippen molar-refractivity contribution in [2.45, 2.75) is 148 Å². The van der Waals surface area contributed by atoms with E-state index in [9.17, 15) is 4.39 Å². The number of hydrogen-bond acceptors (Lipinski definition) is 1. The van der Waals surface area contributed by atoms with Crippen molar-refractivity contribution in [3.63, 3.8) is 0 Å². The lowest BCUT2D eigenvalue weighted by atomic mass is 9.68. The molecule has 0 spiro atoms. The first-order valence-electron chi connectivity index (χ1n) is 20.1. The third-order valence-corrected chi connectivity index (χ3v) is 11.9. The average molecular weight is 693 g/mol. The maximum absolute atomic E-state index is 15.6. The summed E-state index contributed by atoms with van der Waals surface area (Å²) in [6.07, 6.45) is 24.2. The number of rotatable bonds is 18. The molecule has 3 aromatic carbocycles. The van der Waals surface area contributed by atoms with E-state index in [2.05, 4.69) is 13.8 Å². The second-order valence-electron chi connectivity index (χ2n) is 15.4. The first kappa shape index (κ1) is 38.4. The Balaban J connectivity index is 1.12. The van der Waals surface area contributed by atoms with Crippen LogP contribution in [0.4, 0.5) is 17.6 Å². The fourth-order valence-corrected chi connectivity index (χ4v) is 8.75. The van der Waals surface area contributed by atoms with Gasteiger partial charge in [-0.05, 0) is 97.4 Å². The summed E-state index contributed by atoms with van der Waals surface area (Å²) in [7, 11) is 0. The van der Waals surface area contributed by atoms with Crippen molar-refractivity contribution < 1.29 is 22.3 Å². The van der Waals surface area contributed by atoms with Gasteiger partial charge in [-0.1, -0.05) is 134 Å². The zero-order chi connectivity index (χ0) is 35.3. The number of ether oxygens (including phenoxy) is 1. The summed E-state index contributed by atoms with van der Waals surface area (Å²) in [4.78, 5) is 0. The minimum Gasteiger partial charge on any atom is -0.490 e. The molecule has 0 saturated heterocycles. The van der Waals surface area contributed by atoms with Crippen molar-refractivity contribution in [1.29, 1.82) is 0 Å². The normalized spacial score (nSPS) is 21.0. The maximum Gasteiger partial charge on any atom is 0.201 e. The monoisotopic (exact) mass is 692 g/mol. The summed E-state index contributed by atoms with van der Waals surface area (Å²) in [5, 5.41) is 0. The van der Waals surface area contributed by atoms with Crippen molar-refractivity contribution >= 4 is 0 Å². The van der Waals surface area contributed by atoms with Crippen molar-refractivity contribution in [1.82, 2.24) is 0 Å². The third-order valence-electron chi connectivity index (χ3n) is 11.9. The van der Waals surface area contributed by atoms with E-state index in [0.29, 0.717) is 23.3 Å². The molecular weight excluding hydrogens is 632 g/mol. The van der Waals surface area contributed by atoms with Gasteiger partial charge >= 0.3 is 0 Å². The number of hydrogen-bond donors (Lipinski definition) is 0. The van der Waals surface area contributed by atoms with Gasteiger partial charge in [0.2, 0.25) is 5.82 Å². The fourth-order valence-electron chi connectivity index (χ4n) is 8.75. The molecule has 1 nitrogen and oxygen atoms in total. The van der Waals surface area contributed by atoms with Gasteiger partial charge in [0, 0.05) is 11.1 Å². The van der Waals surface area contributed by atoms with Crippen LogP contribution in [0.3, 0.4) is 0 Å². The van der Waals surface area contributed by atoms with Gasteiger partial charge in [0.05, 0.1) is 6.61 Å². The predicted octanol–water partition coefficient (Wildman–Crippen LogP) is 14.8. The highest BCUT2D eigenvalue weighted by Gasteiger charge is 2.32. The van der Waals surface area contributed by atoms with Gasteiger partial charge in [-0.3, -0.25) is 0 Å². The van der Waals surface area contributed by atoms with E-state index in [4.69, 9.17) is 4.74 Å². The predicted molar refractivity (Wildman–Crippen MR) is 200 cm³/mol. The average Bonchev–Trinajstić information content (AvgIpc) is 3.14. The van der Waals surface area contributed by atoms with Crippen LogP contribution in [0.15, 0.2) is 48.5 Å². The second kappa shape index (κ2) is 19.7. The smallest absolute Gasteiger partial charge is 0.201 e. The Kier molecular flexibility index (Phi) is 15.1. The summed E-state index contributed by atoms with van der Waals surface area (Å²) in [6, 6.07) is 12.9. The van der Waals surface area contributed by atoms with Crippen LogP contribution >= 0.6 is 0 Å². The highest BCUT2D eigenvalue weighted by atomic mass is 19.2. The van der Waals surface area contributed by atoms with Gasteiger partial charge in [0.25, 0.3) is 0 Å². The lowest BCUT2D eigenvalue weighted by Gasteiger charge is -2.38. The van der Waals surface area contributed by atoms with Gasteiger partial charge in [-0.15, -0.1) is 0 Å². The van der Waals surface area contributed by atoms with Crippen molar-refractivity contribution in [3.05, 3.63) is 77.4 Å². The van der Waals surface area contributed by atoms with Crippen LogP contribution in [-0.2, 0) is 0 Å². The quantitative estimate of drug-likeness (QED) is 0.0952. The molecule has 0 unspecified atom stereocenters. The molecule has 0 bridgehead atoms. The van der Waals surface area contributed by atoms with Gasteiger partial charge in [-0.2, -0.15) is 4.39 Å². The first-order valence-corrected chi connectivity index (χ1v) is 20.1. The standard InChI is InChI=1S/C45H60F4O/c1-3-5-7-9-11-13-31-50-41-30-29-40(44(48)45(41)49)37-25-23-36(24-26-37)39-28-27-38(42(46)43(39)47)35-21-19-34(20-22-35)33-17-15-32(16-18-33)14-12-10-8-6-4-2/h23-30,32-35H,3-22,31H2,1-2H3. The molecule has 0 aromatic heterocycles. The van der Waals surface area contributed by atoms with E-state index in [-0.39, 0.29) is 22.8 Å². The van der Waals surface area contributed by atoms with E-state index >= 15 is 13.2 Å². The van der Waals surface area contributed by atoms with E-state index < -0.39 is 23.3 Å². The fraction of sp³-hybridized carbons (Fsp3) is 0.600. The molecule has 0 aliphatic heterocycles. The summed E-state index contributed by atoms with van der Waals surface area (Å²) in [6.45, 7) is 4.79. The minimum absolute atomic E-state index is 0.0484. The Morgan fingerprint density at radius 1 is 0.500 bits per heavy atom. The molecule has 5 heteroatoms. The SMILES string of the molecule is CCCCCCCCOc1ccc(-c2ccc(-c3ccc(C4CCC(C5CCC(CCCCCCC)CC5)CC4)c(F)c3F)cc2)c(F)c1F. The molecule has 0 amide bonds. The van der Waals surface area contributed by atoms with Crippen LogP contribution in [0.2, 0.25) is 0 Å². The molecule has 0 radical (unpaired) electrons. The Bertz CT molecular complexity index is 1450. The summed E-state index contributed by atoms with van der Waals surface area (Å²) in [5.74, 6) is -1.19. The summed E-state index contributed by atoms with van der Waals surface area (Å²) in [5.41, 5.74) is 1.72. The zero-order valence-electron chi connectivity index (χ0n) is 30.7. The molecule has 2 fully saturated rings. The molecule has 0 atom stereocenters. The molecule has 0 N–H and O–H groups in total. The lowest BCUT2D eigenvalue weighted by molar-refractivity contribution is 0.155. The van der Waals surface area contributed by atoms with Crippen molar-refractivity contribution in [2.24, 2.45) is 17.8 Å². The first-order chi connectivity index (χ1) is 24.4. The molecule has 2 aliphatic carbocycles. The number of halogens is 4. The molecule has 2 saturated carbocycles. The van der Waals surface area contributed by atoms with Crippen LogP contribution < -0.4 is 4.74 Å². The van der Waals surface area contributed by atoms with Crippen molar-refractivity contribution in [3.8, 4) is 28.0 Å². The maximum atomic E-state index is 15.6. The molecule has 50 heavy (non-hydrogen) atoms. The topological polar surface area (TPSA) is 9.23 Å². The third kappa shape index (κ3) is 10.2. The van der Waals surface area contributed by atoms with Crippen LogP contribution in [0.5, 0.6) is 5.75 Å². The second-order valence-corrected chi connectivity index (χ2v) is 15.4. The Morgan fingerprint density at radius 3 is 1.60 bits per heavy atom. The van der Waals surface area contributed by atoms with Crippen LogP contribution in [-0.4, -0.2) is 6.61 Å². The van der Waals surface area contributed by atoms with Gasteiger partial charge in [-0.25, -0.2) is 13.2 Å². The summed E-state index contributed by atoms with van der Waals surface area (Å²) < 4.78 is 66.6. The molecule has 2 aliphatic rings. The highest BCUT2D eigenvalue weighted by molar-refractivity contribution is 5.72. The van der Waals surface area contributed by atoms with Crippen LogP contribution in [0.1, 0.15) is 154 Å². The van der Waals surface area contributed by atoms with E-state index in [1.165, 1.54) is 95.6 Å². The summed E-state index contributed by atoms with van der Waals surface area (Å²) >= 11 is 0. The van der Waals surface area contributed by atoms with Gasteiger partial charge in [0.1, 0.15) is 0 Å². The number of unbranched alkanes of at least 4 members (excludes halogenated alkanes) is 9. The van der Waals surface area contributed by atoms with E-state index in [1.807, 2.05) is 0 Å². The van der Waals surface area contributed by atoms with Gasteiger partial charge < -0.3 is 4.74 Å². The Hall–Kier alpha value is -2.82. The largest absolute Gasteiger partial charge is 0.490 e. The lowest BCUT2D eigenvalue weighted by Crippen LogP contribution is -2.25. The van der Waals surface area contributed by atoms with Crippen molar-refractivity contribution in [2.75, 3.05) is 6.61 Å². The van der Waals surface area contributed by atoms with E-state index in [0.717, 1.165) is 62.7 Å². The highest BCUT2D eigenvalue weighted by Crippen LogP contribution is 2.45. The number of benzene rings is 3. The zero-order valence-corrected chi connectivity index (χ0v) is 30.7. The molecule has 3 aromatic rings. The Labute approximate surface area is 299 Å². The van der Waals surface area contributed by atoms with Crippen LogP contribution in [0.25, 0.3) is 22.3 Å². The Morgan fingerprint density at radius 2 is 1.00 bits per heavy atom. The van der Waals surface area contributed by atoms with Crippen LogP contribution in [0, 0.1) is 41.0 Å². The van der Waals surface area contributed by atoms with Gasteiger partial charge in [0.15, 0.2) is 23.2 Å². The molecule has 0 heterocycles. The van der Waals surface area contributed by atoms with E-state index in [1.54, 1.807) is 36.4 Å². The minimum atomic E-state index is -1.01. The molecular formula is C45H60F4O.